The topological polar surface area (TPSA) is 86.8 Å². The molecule has 3 rings (SSSR count). The molecular weight excluding hydrogens is 541 g/mol. The van der Waals surface area contributed by atoms with Gasteiger partial charge in [0.05, 0.1) is 17.0 Å². The molecule has 0 radical (unpaired) electrons. The van der Waals surface area contributed by atoms with Crippen LogP contribution in [0.4, 0.5) is 10.1 Å². The molecule has 3 aromatic rings. The number of nitrogens with one attached hydrogen (secondary N) is 1. The minimum absolute atomic E-state index is 0.125. The van der Waals surface area contributed by atoms with E-state index >= 15 is 0 Å². The van der Waals surface area contributed by atoms with Crippen molar-refractivity contribution in [3.8, 4) is 0 Å². The Kier molecular flexibility index (Phi) is 9.74. The van der Waals surface area contributed by atoms with E-state index in [2.05, 4.69) is 5.32 Å². The molecule has 0 aromatic heterocycles. The van der Waals surface area contributed by atoms with Crippen molar-refractivity contribution in [2.45, 2.75) is 45.3 Å². The molecule has 3 aromatic carbocycles. The van der Waals surface area contributed by atoms with E-state index in [1.54, 1.807) is 18.2 Å². The minimum atomic E-state index is -3.96. The Balaban J connectivity index is 2.10. The number of hydrogen-bond donors (Lipinski definition) is 1. The van der Waals surface area contributed by atoms with Crippen molar-refractivity contribution < 1.29 is 22.4 Å². The highest BCUT2D eigenvalue weighted by molar-refractivity contribution is 7.92. The fourth-order valence-corrected chi connectivity index (χ4v) is 5.22. The number of benzene rings is 3. The molecule has 208 valence electrons. The Labute approximate surface area is 234 Å². The van der Waals surface area contributed by atoms with E-state index in [0.717, 1.165) is 16.1 Å². The van der Waals surface area contributed by atoms with Crippen LogP contribution in [-0.4, -0.2) is 49.5 Å². The standard InChI is InChI=1S/C29H33ClFN3O4S/c1-29(2,3)32-28(36)26(18-21-12-6-5-7-13-21)33(19-22-14-8-10-16-24(22)31)27(35)20-34(39(4,37)38)25-17-11-9-15-23(25)30/h5-17,26H,18-20H2,1-4H3,(H,32,36)/t26-/m0/s1. The third kappa shape index (κ3) is 8.53. The molecule has 0 saturated heterocycles. The van der Waals surface area contributed by atoms with Crippen LogP contribution >= 0.6 is 11.6 Å². The summed E-state index contributed by atoms with van der Waals surface area (Å²) in [5.74, 6) is -1.68. The molecule has 10 heteroatoms. The van der Waals surface area contributed by atoms with Gasteiger partial charge in [-0.05, 0) is 44.5 Å². The van der Waals surface area contributed by atoms with Crippen LogP contribution in [0.1, 0.15) is 31.9 Å². The lowest BCUT2D eigenvalue weighted by molar-refractivity contribution is -0.140. The quantitative estimate of drug-likeness (QED) is 0.377. The first-order valence-corrected chi connectivity index (χ1v) is 14.6. The number of halogens is 2. The molecule has 7 nitrogen and oxygen atoms in total. The van der Waals surface area contributed by atoms with E-state index in [9.17, 15) is 22.4 Å². The first-order chi connectivity index (χ1) is 18.3. The Bertz CT molecular complexity index is 1410. The fraction of sp³-hybridized carbons (Fsp3) is 0.310. The molecule has 0 aliphatic rings. The Hall–Kier alpha value is -3.43. The van der Waals surface area contributed by atoms with Gasteiger partial charge in [-0.3, -0.25) is 13.9 Å². The van der Waals surface area contributed by atoms with E-state index in [1.165, 1.54) is 35.2 Å². The lowest BCUT2D eigenvalue weighted by Gasteiger charge is -2.35. The SMILES string of the molecule is CC(C)(C)NC(=O)[C@H](Cc1ccccc1)N(Cc1ccccc1F)C(=O)CN(c1ccccc1Cl)S(C)(=O)=O. The van der Waals surface area contributed by atoms with Crippen molar-refractivity contribution in [1.82, 2.24) is 10.2 Å². The summed E-state index contributed by atoms with van der Waals surface area (Å²) in [6, 6.07) is 20.3. The van der Waals surface area contributed by atoms with Gasteiger partial charge >= 0.3 is 0 Å². The van der Waals surface area contributed by atoms with E-state index in [1.807, 2.05) is 51.1 Å². The number of carbonyl (C=O) groups is 2. The smallest absolute Gasteiger partial charge is 0.244 e. The zero-order valence-corrected chi connectivity index (χ0v) is 24.0. The van der Waals surface area contributed by atoms with Crippen molar-refractivity contribution in [3.05, 3.63) is 101 Å². The number of rotatable bonds is 10. The molecule has 0 unspecified atom stereocenters. The van der Waals surface area contributed by atoms with E-state index in [0.29, 0.717) is 0 Å². The maximum Gasteiger partial charge on any atom is 0.244 e. The van der Waals surface area contributed by atoms with Crippen LogP contribution in [0.25, 0.3) is 0 Å². The second kappa shape index (κ2) is 12.6. The van der Waals surface area contributed by atoms with Gasteiger partial charge in [0.25, 0.3) is 0 Å². The van der Waals surface area contributed by atoms with Crippen LogP contribution in [0, 0.1) is 5.82 Å². The van der Waals surface area contributed by atoms with Gasteiger partial charge in [-0.2, -0.15) is 0 Å². The van der Waals surface area contributed by atoms with Crippen LogP contribution in [-0.2, 0) is 32.6 Å². The highest BCUT2D eigenvalue weighted by Gasteiger charge is 2.35. The Morgan fingerprint density at radius 3 is 2.13 bits per heavy atom. The second-order valence-corrected chi connectivity index (χ2v) is 12.6. The van der Waals surface area contributed by atoms with Crippen LogP contribution in [0.2, 0.25) is 5.02 Å². The number of amides is 2. The largest absolute Gasteiger partial charge is 0.350 e. The molecule has 0 fully saturated rings. The molecule has 1 N–H and O–H groups in total. The zero-order valence-electron chi connectivity index (χ0n) is 22.4. The Morgan fingerprint density at radius 2 is 1.54 bits per heavy atom. The Morgan fingerprint density at radius 1 is 0.949 bits per heavy atom. The van der Waals surface area contributed by atoms with Gasteiger partial charge in [-0.1, -0.05) is 72.3 Å². The fourth-order valence-electron chi connectivity index (χ4n) is 4.07. The number of sulfonamides is 1. The lowest BCUT2D eigenvalue weighted by atomic mass is 10.0. The molecule has 0 aliphatic heterocycles. The van der Waals surface area contributed by atoms with Crippen molar-refractivity contribution in [2.75, 3.05) is 17.1 Å². The van der Waals surface area contributed by atoms with Gasteiger partial charge in [-0.15, -0.1) is 0 Å². The average Bonchev–Trinajstić information content (AvgIpc) is 2.85. The highest BCUT2D eigenvalue weighted by Crippen LogP contribution is 2.28. The first-order valence-electron chi connectivity index (χ1n) is 12.4. The summed E-state index contributed by atoms with van der Waals surface area (Å²) in [4.78, 5) is 28.9. The lowest BCUT2D eigenvalue weighted by Crippen LogP contribution is -2.56. The third-order valence-corrected chi connectivity index (χ3v) is 7.31. The number of hydrogen-bond acceptors (Lipinski definition) is 4. The highest BCUT2D eigenvalue weighted by atomic mass is 35.5. The summed E-state index contributed by atoms with van der Waals surface area (Å²) in [5.41, 5.74) is 0.481. The summed E-state index contributed by atoms with van der Waals surface area (Å²) >= 11 is 6.29. The van der Waals surface area contributed by atoms with Crippen LogP contribution in [0.15, 0.2) is 78.9 Å². The number of anilines is 1. The molecule has 2 amide bonds. The molecule has 0 heterocycles. The second-order valence-electron chi connectivity index (χ2n) is 10.3. The molecular formula is C29H33ClFN3O4S. The van der Waals surface area contributed by atoms with Gasteiger partial charge < -0.3 is 10.2 Å². The van der Waals surface area contributed by atoms with E-state index < -0.39 is 45.8 Å². The van der Waals surface area contributed by atoms with Crippen LogP contribution in [0.3, 0.4) is 0 Å². The predicted octanol–water partition coefficient (Wildman–Crippen LogP) is 4.80. The molecule has 0 bridgehead atoms. The number of nitrogens with zero attached hydrogens (tertiary/aromatic N) is 2. The van der Waals surface area contributed by atoms with Gasteiger partial charge in [-0.25, -0.2) is 12.8 Å². The van der Waals surface area contributed by atoms with Gasteiger partial charge in [0.2, 0.25) is 21.8 Å². The van der Waals surface area contributed by atoms with Gasteiger partial charge in [0.1, 0.15) is 18.4 Å². The molecule has 0 spiro atoms. The van der Waals surface area contributed by atoms with E-state index in [4.69, 9.17) is 11.6 Å². The summed E-state index contributed by atoms with van der Waals surface area (Å²) in [6.45, 7) is 4.56. The van der Waals surface area contributed by atoms with Crippen molar-refractivity contribution in [2.24, 2.45) is 0 Å². The molecule has 0 saturated carbocycles. The average molecular weight is 574 g/mol. The maximum atomic E-state index is 14.8. The number of para-hydroxylation sites is 1. The maximum absolute atomic E-state index is 14.8. The molecule has 1 atom stereocenters. The molecule has 0 aliphatic carbocycles. The van der Waals surface area contributed by atoms with Crippen molar-refractivity contribution >= 4 is 39.1 Å². The van der Waals surface area contributed by atoms with Crippen molar-refractivity contribution in [3.63, 3.8) is 0 Å². The summed E-state index contributed by atoms with van der Waals surface area (Å²) in [7, 11) is -3.96. The van der Waals surface area contributed by atoms with Crippen LogP contribution < -0.4 is 9.62 Å². The predicted molar refractivity (Wildman–Crippen MR) is 152 cm³/mol. The van der Waals surface area contributed by atoms with Gasteiger partial charge in [0, 0.05) is 24.1 Å². The van der Waals surface area contributed by atoms with E-state index in [-0.39, 0.29) is 29.2 Å². The summed E-state index contributed by atoms with van der Waals surface area (Å²) < 4.78 is 41.3. The molecule has 39 heavy (non-hydrogen) atoms. The summed E-state index contributed by atoms with van der Waals surface area (Å²) in [5, 5.41) is 3.06. The number of carbonyl (C=O) groups excluding carboxylic acids is 2. The minimum Gasteiger partial charge on any atom is -0.350 e. The first kappa shape index (κ1) is 30.1. The third-order valence-electron chi connectivity index (χ3n) is 5.87. The van der Waals surface area contributed by atoms with Crippen molar-refractivity contribution in [1.29, 1.82) is 0 Å². The van der Waals surface area contributed by atoms with Gasteiger partial charge in [0.15, 0.2) is 0 Å². The monoisotopic (exact) mass is 573 g/mol. The summed E-state index contributed by atoms with van der Waals surface area (Å²) in [6.07, 6.45) is 1.10. The van der Waals surface area contributed by atoms with Crippen LogP contribution in [0.5, 0.6) is 0 Å². The zero-order chi connectivity index (χ0) is 28.8. The normalized spacial score (nSPS) is 12.5.